The SMILES string of the molecule is CCC1CCC(C)N1C(=O)C1CNCCO1.Cl. The van der Waals surface area contributed by atoms with Gasteiger partial charge in [0.15, 0.2) is 0 Å². The van der Waals surface area contributed by atoms with Crippen LogP contribution in [0.15, 0.2) is 0 Å². The fraction of sp³-hybridized carbons (Fsp3) is 0.917. The molecule has 0 aromatic carbocycles. The predicted octanol–water partition coefficient (Wildman–Crippen LogP) is 1.19. The van der Waals surface area contributed by atoms with Crippen LogP contribution in [-0.4, -0.2) is 48.7 Å². The summed E-state index contributed by atoms with van der Waals surface area (Å²) >= 11 is 0. The third-order valence-corrected chi connectivity index (χ3v) is 3.71. The fourth-order valence-electron chi connectivity index (χ4n) is 2.76. The number of nitrogens with zero attached hydrogens (tertiary/aromatic N) is 1. The second-order valence-electron chi connectivity index (χ2n) is 4.80. The molecule has 0 radical (unpaired) electrons. The van der Waals surface area contributed by atoms with Crippen molar-refractivity contribution in [1.82, 2.24) is 10.2 Å². The topological polar surface area (TPSA) is 41.6 Å². The zero-order chi connectivity index (χ0) is 11.5. The molecule has 0 saturated carbocycles. The van der Waals surface area contributed by atoms with E-state index in [-0.39, 0.29) is 24.4 Å². The lowest BCUT2D eigenvalue weighted by molar-refractivity contribution is -0.148. The van der Waals surface area contributed by atoms with Crippen LogP contribution in [0.1, 0.15) is 33.1 Å². The summed E-state index contributed by atoms with van der Waals surface area (Å²) in [5.41, 5.74) is 0. The monoisotopic (exact) mass is 262 g/mol. The Balaban J connectivity index is 0.00000144. The lowest BCUT2D eigenvalue weighted by Crippen LogP contribution is -2.52. The van der Waals surface area contributed by atoms with Crippen molar-refractivity contribution < 1.29 is 9.53 Å². The Morgan fingerprint density at radius 3 is 2.82 bits per heavy atom. The molecule has 1 amide bonds. The highest BCUT2D eigenvalue weighted by atomic mass is 35.5. The first kappa shape index (κ1) is 14.7. The van der Waals surface area contributed by atoms with Crippen molar-refractivity contribution in [3.05, 3.63) is 0 Å². The average Bonchev–Trinajstić information content (AvgIpc) is 2.70. The molecule has 4 nitrogen and oxygen atoms in total. The van der Waals surface area contributed by atoms with E-state index >= 15 is 0 Å². The van der Waals surface area contributed by atoms with E-state index in [9.17, 15) is 4.79 Å². The molecule has 5 heteroatoms. The second kappa shape index (κ2) is 6.57. The van der Waals surface area contributed by atoms with E-state index in [4.69, 9.17) is 4.74 Å². The van der Waals surface area contributed by atoms with Gasteiger partial charge in [-0.3, -0.25) is 4.79 Å². The van der Waals surface area contributed by atoms with Crippen LogP contribution in [0.2, 0.25) is 0 Å². The maximum atomic E-state index is 12.3. The molecule has 2 rings (SSSR count). The summed E-state index contributed by atoms with van der Waals surface area (Å²) < 4.78 is 5.54. The molecule has 3 atom stereocenters. The van der Waals surface area contributed by atoms with Gasteiger partial charge in [0.2, 0.25) is 0 Å². The molecule has 1 N–H and O–H groups in total. The molecule has 0 aromatic heterocycles. The summed E-state index contributed by atoms with van der Waals surface area (Å²) in [5, 5.41) is 3.21. The highest BCUT2D eigenvalue weighted by Crippen LogP contribution is 2.27. The maximum absolute atomic E-state index is 12.3. The molecule has 17 heavy (non-hydrogen) atoms. The summed E-state index contributed by atoms with van der Waals surface area (Å²) in [6.07, 6.45) is 3.06. The van der Waals surface area contributed by atoms with Crippen molar-refractivity contribution in [2.75, 3.05) is 19.7 Å². The highest BCUT2D eigenvalue weighted by molar-refractivity contribution is 5.85. The summed E-state index contributed by atoms with van der Waals surface area (Å²) in [6, 6.07) is 0.802. The molecule has 0 spiro atoms. The molecule has 0 aliphatic carbocycles. The Morgan fingerprint density at radius 2 is 2.24 bits per heavy atom. The molecule has 3 unspecified atom stereocenters. The number of hydrogen-bond donors (Lipinski definition) is 1. The van der Waals surface area contributed by atoms with Crippen LogP contribution in [0.25, 0.3) is 0 Å². The normalized spacial score (nSPS) is 33.3. The van der Waals surface area contributed by atoms with Crippen molar-refractivity contribution in [3.8, 4) is 0 Å². The molecule has 2 fully saturated rings. The van der Waals surface area contributed by atoms with Crippen LogP contribution in [0.4, 0.5) is 0 Å². The second-order valence-corrected chi connectivity index (χ2v) is 4.80. The summed E-state index contributed by atoms with van der Waals surface area (Å²) in [5.74, 6) is 0.184. The van der Waals surface area contributed by atoms with Crippen LogP contribution in [-0.2, 0) is 9.53 Å². The quantitative estimate of drug-likeness (QED) is 0.813. The maximum Gasteiger partial charge on any atom is 0.253 e. The molecule has 0 aromatic rings. The van der Waals surface area contributed by atoms with E-state index in [1.54, 1.807) is 0 Å². The van der Waals surface area contributed by atoms with Crippen LogP contribution >= 0.6 is 12.4 Å². The number of hydrogen-bond acceptors (Lipinski definition) is 3. The number of carbonyl (C=O) groups is 1. The van der Waals surface area contributed by atoms with E-state index in [1.807, 2.05) is 0 Å². The molecule has 2 saturated heterocycles. The Labute approximate surface area is 109 Å². The third-order valence-electron chi connectivity index (χ3n) is 3.71. The third kappa shape index (κ3) is 3.12. The summed E-state index contributed by atoms with van der Waals surface area (Å²) in [4.78, 5) is 14.4. The Morgan fingerprint density at radius 1 is 1.47 bits per heavy atom. The standard InChI is InChI=1S/C12H22N2O2.ClH/c1-3-10-5-4-9(2)14(10)12(15)11-8-13-6-7-16-11;/h9-11,13H,3-8H2,1-2H3;1H. The first-order valence-electron chi connectivity index (χ1n) is 6.38. The minimum absolute atomic E-state index is 0. The molecule has 2 aliphatic heterocycles. The van der Waals surface area contributed by atoms with Gasteiger partial charge >= 0.3 is 0 Å². The summed E-state index contributed by atoms with van der Waals surface area (Å²) in [7, 11) is 0. The molecule has 2 aliphatic rings. The number of carbonyl (C=O) groups excluding carboxylic acids is 1. The number of rotatable bonds is 2. The number of likely N-dealkylation sites (tertiary alicyclic amines) is 1. The lowest BCUT2D eigenvalue weighted by Gasteiger charge is -2.33. The largest absolute Gasteiger partial charge is 0.366 e. The van der Waals surface area contributed by atoms with Crippen LogP contribution in [0.5, 0.6) is 0 Å². The average molecular weight is 263 g/mol. The van der Waals surface area contributed by atoms with Gasteiger partial charge in [0, 0.05) is 25.2 Å². The Kier molecular flexibility index (Phi) is 5.70. The van der Waals surface area contributed by atoms with Gasteiger partial charge in [-0.1, -0.05) is 6.92 Å². The van der Waals surface area contributed by atoms with Gasteiger partial charge in [-0.2, -0.15) is 0 Å². The highest BCUT2D eigenvalue weighted by Gasteiger charge is 2.37. The van der Waals surface area contributed by atoms with E-state index in [0.717, 1.165) is 25.8 Å². The zero-order valence-electron chi connectivity index (χ0n) is 10.6. The Bertz CT molecular complexity index is 257. The number of halogens is 1. The number of ether oxygens (including phenoxy) is 1. The first-order valence-corrected chi connectivity index (χ1v) is 6.38. The van der Waals surface area contributed by atoms with E-state index < -0.39 is 0 Å². The summed E-state index contributed by atoms with van der Waals surface area (Å²) in [6.45, 7) is 6.47. The van der Waals surface area contributed by atoms with Gasteiger partial charge in [0.25, 0.3) is 5.91 Å². The number of morpholine rings is 1. The first-order chi connectivity index (χ1) is 7.74. The van der Waals surface area contributed by atoms with Crippen molar-refractivity contribution in [3.63, 3.8) is 0 Å². The molecular formula is C12H23ClN2O2. The van der Waals surface area contributed by atoms with Gasteiger partial charge in [0.1, 0.15) is 6.10 Å². The van der Waals surface area contributed by atoms with Gasteiger partial charge in [0.05, 0.1) is 6.61 Å². The van der Waals surface area contributed by atoms with Crippen LogP contribution in [0, 0.1) is 0 Å². The smallest absolute Gasteiger partial charge is 0.253 e. The van der Waals surface area contributed by atoms with Crippen LogP contribution in [0.3, 0.4) is 0 Å². The Hall–Kier alpha value is -0.320. The van der Waals surface area contributed by atoms with Gasteiger partial charge in [-0.15, -0.1) is 12.4 Å². The van der Waals surface area contributed by atoms with E-state index in [1.165, 1.54) is 0 Å². The molecule has 0 bridgehead atoms. The van der Waals surface area contributed by atoms with Crippen molar-refractivity contribution in [1.29, 1.82) is 0 Å². The lowest BCUT2D eigenvalue weighted by atomic mass is 10.1. The minimum atomic E-state index is -0.261. The van der Waals surface area contributed by atoms with Gasteiger partial charge in [-0.25, -0.2) is 0 Å². The van der Waals surface area contributed by atoms with E-state index in [2.05, 4.69) is 24.1 Å². The number of nitrogens with one attached hydrogen (secondary N) is 1. The fourth-order valence-corrected chi connectivity index (χ4v) is 2.76. The molecule has 2 heterocycles. The van der Waals surface area contributed by atoms with E-state index in [0.29, 0.717) is 25.2 Å². The number of amides is 1. The van der Waals surface area contributed by atoms with Crippen molar-refractivity contribution >= 4 is 18.3 Å². The predicted molar refractivity (Wildman–Crippen MR) is 69.5 cm³/mol. The molecule has 100 valence electrons. The van der Waals surface area contributed by atoms with Crippen LogP contribution < -0.4 is 5.32 Å². The zero-order valence-corrected chi connectivity index (χ0v) is 11.5. The van der Waals surface area contributed by atoms with Crippen molar-refractivity contribution in [2.24, 2.45) is 0 Å². The molecular weight excluding hydrogens is 240 g/mol. The minimum Gasteiger partial charge on any atom is -0.366 e. The van der Waals surface area contributed by atoms with Crippen molar-refractivity contribution in [2.45, 2.75) is 51.3 Å². The van der Waals surface area contributed by atoms with Gasteiger partial charge in [-0.05, 0) is 26.2 Å². The van der Waals surface area contributed by atoms with Gasteiger partial charge < -0.3 is 15.0 Å².